The summed E-state index contributed by atoms with van der Waals surface area (Å²) in [4.78, 5) is 2.53. The summed E-state index contributed by atoms with van der Waals surface area (Å²) in [5.41, 5.74) is -0.386. The molecule has 1 atom stereocenters. The molecule has 3 heterocycles. The first-order chi connectivity index (χ1) is 18.4. The van der Waals surface area contributed by atoms with Crippen molar-refractivity contribution < 1.29 is 9.29 Å². The van der Waals surface area contributed by atoms with Crippen molar-refractivity contribution in [3.63, 3.8) is 0 Å². The number of rotatable bonds is 6. The number of piperidine rings is 1. The van der Waals surface area contributed by atoms with Gasteiger partial charge in [0.1, 0.15) is 6.54 Å². The Balaban J connectivity index is 1.77. The van der Waals surface area contributed by atoms with E-state index in [0.717, 1.165) is 19.3 Å². The number of benzene rings is 1. The van der Waals surface area contributed by atoms with Crippen LogP contribution in [0.15, 0.2) is 30.3 Å². The van der Waals surface area contributed by atoms with Crippen molar-refractivity contribution in [2.45, 2.75) is 142 Å². The van der Waals surface area contributed by atoms with Crippen molar-refractivity contribution in [1.29, 1.82) is 0 Å². The van der Waals surface area contributed by atoms with Crippen molar-refractivity contribution >= 4 is 0 Å². The second kappa shape index (κ2) is 10.3. The van der Waals surface area contributed by atoms with E-state index in [0.29, 0.717) is 38.6 Å². The first-order valence-corrected chi connectivity index (χ1v) is 15.9. The Hall–Kier alpha value is -1.06. The molecule has 4 rings (SSSR count). The summed E-state index contributed by atoms with van der Waals surface area (Å²) in [5.74, 6) is 0.516. The molecule has 0 radical (unpaired) electrons. The minimum absolute atomic E-state index is 0.237. The predicted molar refractivity (Wildman–Crippen MR) is 171 cm³/mol. The fourth-order valence-corrected chi connectivity index (χ4v) is 10.4. The van der Waals surface area contributed by atoms with E-state index < -0.39 is 6.17 Å². The standard InChI is InChI=1S/C34H61N5O2/c1-29(2)22-38(40,23-30(3,4)35-29)21-28(39(41)24-31(5,6)36-32(7,8)25-39)37-33(9,10)19-27(20-34(37,11)12)18-26-16-14-13-15-17-26/h13-17,27-28,35-36H,18-25H2,1-12H3. The zero-order chi connectivity index (χ0) is 30.9. The van der Waals surface area contributed by atoms with Crippen molar-refractivity contribution in [3.05, 3.63) is 46.3 Å². The van der Waals surface area contributed by atoms with Crippen LogP contribution in [0, 0.1) is 16.3 Å². The van der Waals surface area contributed by atoms with Gasteiger partial charge < -0.3 is 19.7 Å². The van der Waals surface area contributed by atoms with E-state index in [4.69, 9.17) is 0 Å². The molecule has 3 aliphatic rings. The quantitative estimate of drug-likeness (QED) is 0.335. The lowest BCUT2D eigenvalue weighted by Crippen LogP contribution is -2.83. The lowest BCUT2D eigenvalue weighted by molar-refractivity contribution is -0.977. The molecule has 0 spiro atoms. The lowest BCUT2D eigenvalue weighted by atomic mass is 9.71. The van der Waals surface area contributed by atoms with Crippen LogP contribution in [0.5, 0.6) is 0 Å². The van der Waals surface area contributed by atoms with Crippen LogP contribution in [0.3, 0.4) is 0 Å². The summed E-state index contributed by atoms with van der Waals surface area (Å²) >= 11 is 0. The van der Waals surface area contributed by atoms with Gasteiger partial charge in [0.25, 0.3) is 0 Å². The number of nitrogens with one attached hydrogen (secondary N) is 2. The molecule has 0 amide bonds. The maximum absolute atomic E-state index is 15.5. The first-order valence-electron chi connectivity index (χ1n) is 15.9. The average molecular weight is 572 g/mol. The summed E-state index contributed by atoms with van der Waals surface area (Å²) in [5, 5.41) is 37.9. The Morgan fingerprint density at radius 2 is 1.12 bits per heavy atom. The van der Waals surface area contributed by atoms with E-state index in [1.807, 2.05) is 0 Å². The maximum Gasteiger partial charge on any atom is 0.196 e. The van der Waals surface area contributed by atoms with Crippen LogP contribution >= 0.6 is 0 Å². The zero-order valence-electron chi connectivity index (χ0n) is 28.4. The summed E-state index contributed by atoms with van der Waals surface area (Å²) < 4.78 is -0.704. The maximum atomic E-state index is 15.5. The molecule has 0 bridgehead atoms. The Kier molecular flexibility index (Phi) is 8.21. The van der Waals surface area contributed by atoms with E-state index in [1.165, 1.54) is 5.56 Å². The fourth-order valence-electron chi connectivity index (χ4n) is 10.4. The monoisotopic (exact) mass is 571 g/mol. The van der Waals surface area contributed by atoms with E-state index in [1.54, 1.807) is 0 Å². The van der Waals surface area contributed by atoms with Crippen molar-refractivity contribution in [3.8, 4) is 0 Å². The normalized spacial score (nSPS) is 30.4. The van der Waals surface area contributed by atoms with Gasteiger partial charge in [0.2, 0.25) is 0 Å². The molecule has 2 N–H and O–H groups in total. The largest absolute Gasteiger partial charge is 0.632 e. The van der Waals surface area contributed by atoms with Gasteiger partial charge in [-0.25, -0.2) is 4.90 Å². The molecule has 1 aromatic rings. The third-order valence-corrected chi connectivity index (χ3v) is 9.63. The van der Waals surface area contributed by atoms with Gasteiger partial charge >= 0.3 is 0 Å². The van der Waals surface area contributed by atoms with Crippen LogP contribution in [0.2, 0.25) is 0 Å². The molecule has 0 aromatic heterocycles. The first kappa shape index (κ1) is 32.8. The molecule has 1 aromatic carbocycles. The van der Waals surface area contributed by atoms with E-state index in [2.05, 4.69) is 129 Å². The number of likely N-dealkylation sites (tertiary alicyclic amines) is 1. The third kappa shape index (κ3) is 7.54. The van der Waals surface area contributed by atoms with Gasteiger partial charge in [0, 0.05) is 11.1 Å². The molecule has 0 saturated carbocycles. The highest BCUT2D eigenvalue weighted by Crippen LogP contribution is 2.47. The molecule has 3 saturated heterocycles. The van der Waals surface area contributed by atoms with Gasteiger partial charge in [-0.3, -0.25) is 10.6 Å². The Labute approximate surface area is 251 Å². The third-order valence-electron chi connectivity index (χ3n) is 9.63. The number of hydroxylamine groups is 6. The molecule has 234 valence electrons. The highest BCUT2D eigenvalue weighted by atomic mass is 16.6. The van der Waals surface area contributed by atoms with E-state index in [9.17, 15) is 5.21 Å². The molecular formula is C34H61N5O2. The van der Waals surface area contributed by atoms with E-state index in [-0.39, 0.29) is 42.5 Å². The van der Waals surface area contributed by atoms with Gasteiger partial charge in [0.15, 0.2) is 6.17 Å². The van der Waals surface area contributed by atoms with Gasteiger partial charge in [0.05, 0.1) is 48.3 Å². The number of hydrogen-bond donors (Lipinski definition) is 2. The van der Waals surface area contributed by atoms with Crippen LogP contribution in [0.1, 0.15) is 101 Å². The number of hydrogen-bond acceptors (Lipinski definition) is 5. The molecular weight excluding hydrogens is 510 g/mol. The average Bonchev–Trinajstić information content (AvgIpc) is 2.66. The van der Waals surface area contributed by atoms with Crippen LogP contribution in [0.25, 0.3) is 0 Å². The van der Waals surface area contributed by atoms with Crippen molar-refractivity contribution in [2.24, 2.45) is 5.92 Å². The fraction of sp³-hybridized carbons (Fsp3) is 0.824. The Morgan fingerprint density at radius 3 is 1.56 bits per heavy atom. The van der Waals surface area contributed by atoms with Crippen LogP contribution in [0.4, 0.5) is 0 Å². The Morgan fingerprint density at radius 1 is 0.707 bits per heavy atom. The van der Waals surface area contributed by atoms with Crippen molar-refractivity contribution in [1.82, 2.24) is 15.5 Å². The smallest absolute Gasteiger partial charge is 0.196 e. The number of quaternary nitrogens is 2. The lowest BCUT2D eigenvalue weighted by Gasteiger charge is -2.68. The van der Waals surface area contributed by atoms with Crippen LogP contribution < -0.4 is 10.6 Å². The second-order valence-corrected chi connectivity index (χ2v) is 18.1. The summed E-state index contributed by atoms with van der Waals surface area (Å²) in [6.45, 7) is 28.6. The highest BCUT2D eigenvalue weighted by molar-refractivity contribution is 5.16. The highest BCUT2D eigenvalue weighted by Gasteiger charge is 2.58. The topological polar surface area (TPSA) is 73.4 Å². The van der Waals surface area contributed by atoms with E-state index >= 15 is 5.21 Å². The SMILES string of the molecule is CC1(C)C[N+]([O-])(CC(N2C(C)(C)CC(Cc3ccccc3)CC2(C)C)[N+]2([O-])CC(C)(C)NC(C)(C)C2)CC(C)(C)N1. The van der Waals surface area contributed by atoms with Crippen LogP contribution in [-0.4, -0.2) is 86.3 Å². The molecule has 0 aliphatic carbocycles. The summed E-state index contributed by atoms with van der Waals surface area (Å²) in [6.07, 6.45) is 2.61. The molecule has 7 nitrogen and oxygen atoms in total. The Bertz CT molecular complexity index is 1030. The molecule has 1 unspecified atom stereocenters. The minimum atomic E-state index is -0.444. The summed E-state index contributed by atoms with van der Waals surface area (Å²) in [7, 11) is 0. The number of piperazine rings is 2. The van der Waals surface area contributed by atoms with Crippen LogP contribution in [-0.2, 0) is 6.42 Å². The predicted octanol–water partition coefficient (Wildman–Crippen LogP) is 5.77. The molecule has 3 fully saturated rings. The number of nitrogens with zero attached hydrogens (tertiary/aromatic N) is 3. The van der Waals surface area contributed by atoms with Gasteiger partial charge in [-0.2, -0.15) is 0 Å². The second-order valence-electron chi connectivity index (χ2n) is 18.1. The van der Waals surface area contributed by atoms with Crippen molar-refractivity contribution in [2.75, 3.05) is 32.7 Å². The zero-order valence-corrected chi connectivity index (χ0v) is 28.4. The molecule has 3 aliphatic heterocycles. The van der Waals surface area contributed by atoms with Gasteiger partial charge in [-0.15, -0.1) is 0 Å². The summed E-state index contributed by atoms with van der Waals surface area (Å²) in [6, 6.07) is 10.8. The van der Waals surface area contributed by atoms with Gasteiger partial charge in [-0.05, 0) is 114 Å². The van der Waals surface area contributed by atoms with Gasteiger partial charge in [-0.1, -0.05) is 30.3 Å². The minimum Gasteiger partial charge on any atom is -0.632 e. The molecule has 7 heteroatoms. The molecule has 41 heavy (non-hydrogen) atoms.